The van der Waals surface area contributed by atoms with E-state index in [1.807, 2.05) is 0 Å². The molecule has 1 heterocycles. The van der Waals surface area contributed by atoms with Gasteiger partial charge in [0.05, 0.1) is 13.7 Å². The third-order valence-corrected chi connectivity index (χ3v) is 1.88. The van der Waals surface area contributed by atoms with E-state index in [9.17, 15) is 18.0 Å². The average Bonchev–Trinajstić information content (AvgIpc) is 2.27. The van der Waals surface area contributed by atoms with E-state index in [1.165, 1.54) is 0 Å². The second-order valence-corrected chi connectivity index (χ2v) is 2.99. The predicted octanol–water partition coefficient (Wildman–Crippen LogP) is 2.29. The molecule has 0 aliphatic heterocycles. The number of esters is 1. The standard InChI is InChI=1S/C10H10F3NO3/c1-3-17-9(15)7-4-8(16-2)6(5-14-7)10(11,12)13/h4-5H,3H2,1-2H3. The second-order valence-electron chi connectivity index (χ2n) is 2.99. The van der Waals surface area contributed by atoms with Crippen LogP contribution in [-0.4, -0.2) is 24.7 Å². The molecule has 0 aromatic carbocycles. The van der Waals surface area contributed by atoms with Crippen molar-refractivity contribution in [1.29, 1.82) is 0 Å². The fourth-order valence-corrected chi connectivity index (χ4v) is 1.14. The molecule has 4 nitrogen and oxygen atoms in total. The quantitative estimate of drug-likeness (QED) is 0.771. The van der Waals surface area contributed by atoms with E-state index in [0.717, 1.165) is 13.2 Å². The molecule has 0 aliphatic rings. The number of hydrogen-bond donors (Lipinski definition) is 0. The number of halogens is 3. The third kappa shape index (κ3) is 3.08. The molecule has 0 N–H and O–H groups in total. The van der Waals surface area contributed by atoms with E-state index in [0.29, 0.717) is 6.20 Å². The van der Waals surface area contributed by atoms with Gasteiger partial charge in [0.15, 0.2) is 5.69 Å². The number of carbonyl (C=O) groups excluding carboxylic acids is 1. The maximum absolute atomic E-state index is 12.5. The molecule has 0 amide bonds. The topological polar surface area (TPSA) is 48.4 Å². The lowest BCUT2D eigenvalue weighted by Gasteiger charge is -2.11. The first kappa shape index (κ1) is 13.3. The fraction of sp³-hybridized carbons (Fsp3) is 0.400. The molecule has 0 radical (unpaired) electrons. The summed E-state index contributed by atoms with van der Waals surface area (Å²) < 4.78 is 46.6. The lowest BCUT2D eigenvalue weighted by atomic mass is 10.2. The van der Waals surface area contributed by atoms with Crippen LogP contribution in [-0.2, 0) is 10.9 Å². The number of hydrogen-bond acceptors (Lipinski definition) is 4. The first-order valence-corrected chi connectivity index (χ1v) is 4.68. The smallest absolute Gasteiger partial charge is 0.421 e. The lowest BCUT2D eigenvalue weighted by molar-refractivity contribution is -0.139. The Morgan fingerprint density at radius 1 is 1.47 bits per heavy atom. The van der Waals surface area contributed by atoms with Crippen molar-refractivity contribution in [3.63, 3.8) is 0 Å². The van der Waals surface area contributed by atoms with Gasteiger partial charge in [0.25, 0.3) is 0 Å². The molecule has 0 aliphatic carbocycles. The Labute approximate surface area is 95.4 Å². The van der Waals surface area contributed by atoms with Crippen LogP contribution in [0.25, 0.3) is 0 Å². The van der Waals surface area contributed by atoms with Gasteiger partial charge in [-0.3, -0.25) is 0 Å². The van der Waals surface area contributed by atoms with E-state index in [-0.39, 0.29) is 12.3 Å². The number of carbonyl (C=O) groups is 1. The Hall–Kier alpha value is -1.79. The molecule has 1 aromatic rings. The minimum Gasteiger partial charge on any atom is -0.496 e. The Balaban J connectivity index is 3.13. The van der Waals surface area contributed by atoms with Gasteiger partial charge in [-0.2, -0.15) is 13.2 Å². The first-order valence-electron chi connectivity index (χ1n) is 4.68. The minimum atomic E-state index is -4.58. The largest absolute Gasteiger partial charge is 0.496 e. The maximum Gasteiger partial charge on any atom is 0.421 e. The van der Waals surface area contributed by atoms with Gasteiger partial charge in [0.1, 0.15) is 11.3 Å². The van der Waals surface area contributed by atoms with Crippen LogP contribution in [0.1, 0.15) is 23.0 Å². The van der Waals surface area contributed by atoms with Gasteiger partial charge in [-0.25, -0.2) is 9.78 Å². The van der Waals surface area contributed by atoms with Gasteiger partial charge in [0, 0.05) is 12.3 Å². The van der Waals surface area contributed by atoms with Crippen molar-refractivity contribution < 1.29 is 27.4 Å². The summed E-state index contributed by atoms with van der Waals surface area (Å²) in [5.74, 6) is -1.25. The summed E-state index contributed by atoms with van der Waals surface area (Å²) in [5, 5.41) is 0. The second kappa shape index (κ2) is 5.03. The van der Waals surface area contributed by atoms with Gasteiger partial charge < -0.3 is 9.47 Å². The number of nitrogens with zero attached hydrogens (tertiary/aromatic N) is 1. The van der Waals surface area contributed by atoms with Gasteiger partial charge in [-0.05, 0) is 6.92 Å². The first-order chi connectivity index (χ1) is 7.90. The lowest BCUT2D eigenvalue weighted by Crippen LogP contribution is -2.12. The van der Waals surface area contributed by atoms with Crippen LogP contribution < -0.4 is 4.74 Å². The van der Waals surface area contributed by atoms with E-state index in [2.05, 4.69) is 14.5 Å². The van der Waals surface area contributed by atoms with Crippen molar-refractivity contribution in [2.75, 3.05) is 13.7 Å². The highest BCUT2D eigenvalue weighted by Crippen LogP contribution is 2.35. The monoisotopic (exact) mass is 249 g/mol. The Kier molecular flexibility index (Phi) is 3.93. The number of ether oxygens (including phenoxy) is 2. The molecule has 0 saturated carbocycles. The molecule has 0 atom stereocenters. The SMILES string of the molecule is CCOC(=O)c1cc(OC)c(C(F)(F)F)cn1. The molecule has 0 unspecified atom stereocenters. The minimum absolute atomic E-state index is 0.115. The Morgan fingerprint density at radius 3 is 2.59 bits per heavy atom. The molecule has 7 heteroatoms. The molecule has 17 heavy (non-hydrogen) atoms. The van der Waals surface area contributed by atoms with Crippen LogP contribution >= 0.6 is 0 Å². The highest BCUT2D eigenvalue weighted by Gasteiger charge is 2.35. The Morgan fingerprint density at radius 2 is 2.12 bits per heavy atom. The summed E-state index contributed by atoms with van der Waals surface area (Å²) >= 11 is 0. The third-order valence-electron chi connectivity index (χ3n) is 1.88. The van der Waals surface area contributed by atoms with Crippen molar-refractivity contribution in [1.82, 2.24) is 4.98 Å². The van der Waals surface area contributed by atoms with Crippen molar-refractivity contribution in [3.05, 3.63) is 23.5 Å². The average molecular weight is 249 g/mol. The molecule has 0 bridgehead atoms. The van der Waals surface area contributed by atoms with Crippen LogP contribution in [0.3, 0.4) is 0 Å². The number of methoxy groups -OCH3 is 1. The van der Waals surface area contributed by atoms with E-state index in [1.54, 1.807) is 6.92 Å². The zero-order valence-electron chi connectivity index (χ0n) is 9.17. The molecule has 94 valence electrons. The van der Waals surface area contributed by atoms with E-state index >= 15 is 0 Å². The van der Waals surface area contributed by atoms with Crippen molar-refractivity contribution >= 4 is 5.97 Å². The molecule has 0 fully saturated rings. The maximum atomic E-state index is 12.5. The van der Waals surface area contributed by atoms with Crippen LogP contribution in [0.15, 0.2) is 12.3 Å². The number of rotatable bonds is 3. The van der Waals surface area contributed by atoms with Gasteiger partial charge >= 0.3 is 12.1 Å². The summed E-state index contributed by atoms with van der Waals surface area (Å²) in [6, 6.07) is 0.904. The molecule has 1 aromatic heterocycles. The zero-order valence-corrected chi connectivity index (χ0v) is 9.17. The van der Waals surface area contributed by atoms with Crippen LogP contribution in [0.2, 0.25) is 0 Å². The highest BCUT2D eigenvalue weighted by atomic mass is 19.4. The molecule has 1 rings (SSSR count). The van der Waals surface area contributed by atoms with Gasteiger partial charge in [-0.15, -0.1) is 0 Å². The van der Waals surface area contributed by atoms with Crippen molar-refractivity contribution in [2.24, 2.45) is 0 Å². The van der Waals surface area contributed by atoms with E-state index < -0.39 is 23.5 Å². The summed E-state index contributed by atoms with van der Waals surface area (Å²) in [6.45, 7) is 1.70. The van der Waals surface area contributed by atoms with Gasteiger partial charge in [0.2, 0.25) is 0 Å². The number of alkyl halides is 3. The normalized spacial score (nSPS) is 11.1. The van der Waals surface area contributed by atoms with Crippen LogP contribution in [0.5, 0.6) is 5.75 Å². The fourth-order valence-electron chi connectivity index (χ4n) is 1.14. The molecular formula is C10H10F3NO3. The van der Waals surface area contributed by atoms with Crippen LogP contribution in [0, 0.1) is 0 Å². The predicted molar refractivity (Wildman–Crippen MR) is 51.7 cm³/mol. The molecule has 0 saturated heterocycles. The number of aromatic nitrogens is 1. The molecule has 0 spiro atoms. The van der Waals surface area contributed by atoms with Crippen molar-refractivity contribution in [3.8, 4) is 5.75 Å². The molecular weight excluding hydrogens is 239 g/mol. The summed E-state index contributed by atoms with van der Waals surface area (Å²) in [6.07, 6.45) is -4.03. The number of pyridine rings is 1. The highest BCUT2D eigenvalue weighted by molar-refractivity contribution is 5.87. The van der Waals surface area contributed by atoms with Gasteiger partial charge in [-0.1, -0.05) is 0 Å². The van der Waals surface area contributed by atoms with Crippen molar-refractivity contribution in [2.45, 2.75) is 13.1 Å². The summed E-state index contributed by atoms with van der Waals surface area (Å²) in [4.78, 5) is 14.7. The summed E-state index contributed by atoms with van der Waals surface area (Å²) in [7, 11) is 1.08. The summed E-state index contributed by atoms with van der Waals surface area (Å²) in [5.41, 5.74) is -1.26. The van der Waals surface area contributed by atoms with E-state index in [4.69, 9.17) is 0 Å². The Bertz CT molecular complexity index is 418. The van der Waals surface area contributed by atoms with Crippen LogP contribution in [0.4, 0.5) is 13.2 Å². The zero-order chi connectivity index (χ0) is 13.1.